The summed E-state index contributed by atoms with van der Waals surface area (Å²) in [6.07, 6.45) is 2.44. The van der Waals surface area contributed by atoms with Crippen molar-refractivity contribution in [2.24, 2.45) is 5.92 Å². The molecule has 0 aliphatic rings. The smallest absolute Gasteiger partial charge is 0.0797 e. The third-order valence-corrected chi connectivity index (χ3v) is 4.07. The summed E-state index contributed by atoms with van der Waals surface area (Å²) in [6.45, 7) is 4.36. The van der Waals surface area contributed by atoms with Gasteiger partial charge in [-0.2, -0.15) is 0 Å². The zero-order valence-corrected chi connectivity index (χ0v) is 9.91. The third-order valence-electron chi connectivity index (χ3n) is 1.97. The van der Waals surface area contributed by atoms with Crippen LogP contribution in [0.25, 0.3) is 0 Å². The number of aromatic nitrogens is 1. The van der Waals surface area contributed by atoms with Crippen molar-refractivity contribution in [3.05, 3.63) is 16.1 Å². The number of thiazole rings is 1. The molecule has 1 aromatic heterocycles. The monoisotopic (exact) mass is 247 g/mol. The molecule has 68 valence electrons. The summed E-state index contributed by atoms with van der Waals surface area (Å²) in [7, 11) is 0. The van der Waals surface area contributed by atoms with Crippen LogP contribution >= 0.6 is 27.3 Å². The topological polar surface area (TPSA) is 12.9 Å². The molecule has 0 aromatic carbocycles. The van der Waals surface area contributed by atoms with Gasteiger partial charge in [-0.3, -0.25) is 0 Å². The second-order valence-corrected chi connectivity index (χ2v) is 4.75. The first kappa shape index (κ1) is 10.2. The van der Waals surface area contributed by atoms with Crippen LogP contribution in [0.2, 0.25) is 0 Å². The largest absolute Gasteiger partial charge is 0.250 e. The first-order valence-corrected chi connectivity index (χ1v) is 6.19. The molecular formula is C9H14BrNS. The number of halogens is 1. The molecule has 1 rings (SSSR count). The summed E-state index contributed by atoms with van der Waals surface area (Å²) < 4.78 is 0. The Hall–Kier alpha value is 0.110. The van der Waals surface area contributed by atoms with Crippen molar-refractivity contribution in [2.75, 3.05) is 5.33 Å². The molecule has 12 heavy (non-hydrogen) atoms. The number of alkyl halides is 1. The Morgan fingerprint density at radius 3 is 2.92 bits per heavy atom. The van der Waals surface area contributed by atoms with E-state index >= 15 is 0 Å². The van der Waals surface area contributed by atoms with Gasteiger partial charge >= 0.3 is 0 Å². The second kappa shape index (κ2) is 4.97. The van der Waals surface area contributed by atoms with Crippen molar-refractivity contribution in [2.45, 2.75) is 26.7 Å². The zero-order chi connectivity index (χ0) is 8.97. The van der Waals surface area contributed by atoms with E-state index in [0.29, 0.717) is 0 Å². The van der Waals surface area contributed by atoms with Crippen LogP contribution in [-0.4, -0.2) is 10.3 Å². The van der Waals surface area contributed by atoms with E-state index in [0.717, 1.165) is 11.2 Å². The lowest BCUT2D eigenvalue weighted by atomic mass is 10.1. The van der Waals surface area contributed by atoms with Crippen LogP contribution in [0.4, 0.5) is 0 Å². The van der Waals surface area contributed by atoms with Crippen molar-refractivity contribution in [3.63, 3.8) is 0 Å². The quantitative estimate of drug-likeness (QED) is 0.744. The van der Waals surface area contributed by atoms with Crippen LogP contribution in [0.5, 0.6) is 0 Å². The van der Waals surface area contributed by atoms with Crippen molar-refractivity contribution >= 4 is 27.3 Å². The van der Waals surface area contributed by atoms with Crippen molar-refractivity contribution in [3.8, 4) is 0 Å². The van der Waals surface area contributed by atoms with Crippen LogP contribution in [0.1, 0.15) is 23.9 Å². The van der Waals surface area contributed by atoms with Crippen molar-refractivity contribution in [1.82, 2.24) is 4.98 Å². The van der Waals surface area contributed by atoms with E-state index in [2.05, 4.69) is 34.8 Å². The molecule has 0 radical (unpaired) electrons. The highest BCUT2D eigenvalue weighted by atomic mass is 79.9. The fraction of sp³-hybridized carbons (Fsp3) is 0.667. The lowest BCUT2D eigenvalue weighted by molar-refractivity contribution is 0.601. The summed E-state index contributed by atoms with van der Waals surface area (Å²) in [5, 5.41) is 1.10. The molecule has 1 unspecified atom stereocenters. The minimum absolute atomic E-state index is 0.770. The normalized spacial score (nSPS) is 13.2. The number of hydrogen-bond donors (Lipinski definition) is 0. The van der Waals surface area contributed by atoms with Crippen LogP contribution in [-0.2, 0) is 6.42 Å². The van der Waals surface area contributed by atoms with Crippen LogP contribution < -0.4 is 0 Å². The first-order chi connectivity index (χ1) is 5.74. The number of hydrogen-bond acceptors (Lipinski definition) is 2. The fourth-order valence-corrected chi connectivity index (χ4v) is 2.14. The van der Waals surface area contributed by atoms with Gasteiger partial charge in [0, 0.05) is 10.2 Å². The molecule has 0 amide bonds. The van der Waals surface area contributed by atoms with E-state index in [1.54, 1.807) is 11.3 Å². The standard InChI is InChI=1S/C9H14BrNS/c1-7(5-10)3-4-9-8(2)11-6-12-9/h6-7H,3-5H2,1-2H3. The molecule has 0 aliphatic carbocycles. The maximum Gasteiger partial charge on any atom is 0.0797 e. The number of aryl methyl sites for hydroxylation is 2. The lowest BCUT2D eigenvalue weighted by Crippen LogP contribution is -1.97. The van der Waals surface area contributed by atoms with E-state index in [4.69, 9.17) is 0 Å². The highest BCUT2D eigenvalue weighted by molar-refractivity contribution is 9.09. The maximum atomic E-state index is 4.23. The minimum Gasteiger partial charge on any atom is -0.250 e. The third kappa shape index (κ3) is 2.87. The van der Waals surface area contributed by atoms with Crippen LogP contribution in [0.3, 0.4) is 0 Å². The summed E-state index contributed by atoms with van der Waals surface area (Å²) in [5.74, 6) is 0.770. The fourth-order valence-electron chi connectivity index (χ4n) is 1.02. The van der Waals surface area contributed by atoms with E-state index < -0.39 is 0 Å². The molecule has 0 bridgehead atoms. The average Bonchev–Trinajstić information content (AvgIpc) is 2.47. The Labute approximate surface area is 86.3 Å². The summed E-state index contributed by atoms with van der Waals surface area (Å²) in [6, 6.07) is 0. The Balaban J connectivity index is 2.38. The molecule has 0 aliphatic heterocycles. The Kier molecular flexibility index (Phi) is 4.22. The number of nitrogens with zero attached hydrogens (tertiary/aromatic N) is 1. The SMILES string of the molecule is Cc1ncsc1CCC(C)CBr. The maximum absolute atomic E-state index is 4.23. The summed E-state index contributed by atoms with van der Waals surface area (Å²) in [4.78, 5) is 5.67. The molecule has 0 saturated carbocycles. The van der Waals surface area contributed by atoms with Gasteiger partial charge in [0.1, 0.15) is 0 Å². The molecule has 3 heteroatoms. The Morgan fingerprint density at radius 1 is 1.67 bits per heavy atom. The molecule has 0 saturated heterocycles. The molecule has 0 N–H and O–H groups in total. The van der Waals surface area contributed by atoms with Gasteiger partial charge in [0.05, 0.1) is 11.2 Å². The summed E-state index contributed by atoms with van der Waals surface area (Å²) in [5.41, 5.74) is 3.14. The molecule has 1 heterocycles. The highest BCUT2D eigenvalue weighted by Crippen LogP contribution is 2.17. The van der Waals surface area contributed by atoms with Gasteiger partial charge in [0.25, 0.3) is 0 Å². The second-order valence-electron chi connectivity index (χ2n) is 3.16. The molecule has 1 nitrogen and oxygen atoms in total. The van der Waals surface area contributed by atoms with Crippen molar-refractivity contribution < 1.29 is 0 Å². The van der Waals surface area contributed by atoms with E-state index in [-0.39, 0.29) is 0 Å². The van der Waals surface area contributed by atoms with Gasteiger partial charge in [-0.1, -0.05) is 22.9 Å². The van der Waals surface area contributed by atoms with Crippen LogP contribution in [0, 0.1) is 12.8 Å². The first-order valence-electron chi connectivity index (χ1n) is 4.19. The van der Waals surface area contributed by atoms with E-state index in [1.807, 2.05) is 5.51 Å². The molecule has 0 spiro atoms. The predicted octanol–water partition coefficient (Wildman–Crippen LogP) is 3.42. The minimum atomic E-state index is 0.770. The Bertz CT molecular complexity index is 234. The molecular weight excluding hydrogens is 234 g/mol. The van der Waals surface area contributed by atoms with Gasteiger partial charge in [0.15, 0.2) is 0 Å². The lowest BCUT2D eigenvalue weighted by Gasteiger charge is -2.05. The van der Waals surface area contributed by atoms with Gasteiger partial charge in [-0.25, -0.2) is 4.98 Å². The predicted molar refractivity (Wildman–Crippen MR) is 58.1 cm³/mol. The van der Waals surface area contributed by atoms with Gasteiger partial charge in [-0.05, 0) is 25.7 Å². The van der Waals surface area contributed by atoms with Crippen molar-refractivity contribution in [1.29, 1.82) is 0 Å². The average molecular weight is 248 g/mol. The molecule has 1 atom stereocenters. The molecule has 0 fully saturated rings. The summed E-state index contributed by atoms with van der Waals surface area (Å²) >= 11 is 5.26. The van der Waals surface area contributed by atoms with Crippen LogP contribution in [0.15, 0.2) is 5.51 Å². The van der Waals surface area contributed by atoms with Gasteiger partial charge in [0.2, 0.25) is 0 Å². The van der Waals surface area contributed by atoms with E-state index in [9.17, 15) is 0 Å². The number of rotatable bonds is 4. The zero-order valence-electron chi connectivity index (χ0n) is 7.51. The molecule has 1 aromatic rings. The highest BCUT2D eigenvalue weighted by Gasteiger charge is 2.04. The van der Waals surface area contributed by atoms with E-state index in [1.165, 1.54) is 23.4 Å². The van der Waals surface area contributed by atoms with Gasteiger partial charge in [-0.15, -0.1) is 11.3 Å². The Morgan fingerprint density at radius 2 is 2.42 bits per heavy atom. The van der Waals surface area contributed by atoms with Gasteiger partial charge < -0.3 is 0 Å².